The first-order valence-corrected chi connectivity index (χ1v) is 10.9. The molecule has 182 valence electrons. The molecule has 0 saturated carbocycles. The molecule has 2 amide bonds. The minimum atomic E-state index is -0.737. The molecule has 1 aromatic carbocycles. The molecule has 1 atom stereocenters. The van der Waals surface area contributed by atoms with Gasteiger partial charge < -0.3 is 24.6 Å². The predicted molar refractivity (Wildman–Crippen MR) is 129 cm³/mol. The molecule has 0 aliphatic carbocycles. The van der Waals surface area contributed by atoms with Gasteiger partial charge in [-0.25, -0.2) is 14.4 Å². The van der Waals surface area contributed by atoms with Gasteiger partial charge >= 0.3 is 18.0 Å². The number of methoxy groups -OCH3 is 1. The molecule has 33 heavy (non-hydrogen) atoms. The summed E-state index contributed by atoms with van der Waals surface area (Å²) in [5.41, 5.74) is 2.30. The number of nitrogens with one attached hydrogen (secondary N) is 1. The normalized spacial score (nSPS) is 15.2. The number of urea groups is 1. The molecule has 0 aromatic heterocycles. The zero-order chi connectivity index (χ0) is 25.5. The van der Waals surface area contributed by atoms with Crippen LogP contribution in [0.2, 0.25) is 10.0 Å². The van der Waals surface area contributed by atoms with Gasteiger partial charge in [0.15, 0.2) is 0 Å². The average Bonchev–Trinajstić information content (AvgIpc) is 2.74. The Labute approximate surface area is 205 Å². The van der Waals surface area contributed by atoms with Crippen LogP contribution < -0.4 is 5.32 Å². The first-order chi connectivity index (χ1) is 15.4. The maximum absolute atomic E-state index is 12.6. The minimum absolute atomic E-state index is 0.0185. The molecule has 1 heterocycles. The fourth-order valence-corrected chi connectivity index (χ4v) is 3.73. The lowest BCUT2D eigenvalue weighted by Crippen LogP contribution is -2.33. The predicted octanol–water partition coefficient (Wildman–Crippen LogP) is 4.19. The van der Waals surface area contributed by atoms with E-state index in [-0.39, 0.29) is 17.7 Å². The van der Waals surface area contributed by atoms with Crippen molar-refractivity contribution in [3.8, 4) is 0 Å². The lowest BCUT2D eigenvalue weighted by Gasteiger charge is -2.30. The highest BCUT2D eigenvalue weighted by molar-refractivity contribution is 6.42. The van der Waals surface area contributed by atoms with Crippen LogP contribution in [0.25, 0.3) is 0 Å². The van der Waals surface area contributed by atoms with Crippen molar-refractivity contribution >= 4 is 41.2 Å². The van der Waals surface area contributed by atoms with Crippen LogP contribution in [-0.2, 0) is 19.1 Å². The number of hydrogen-bond acceptors (Lipinski definition) is 6. The molecule has 0 bridgehead atoms. The number of esters is 2. The van der Waals surface area contributed by atoms with Gasteiger partial charge in [-0.3, -0.25) is 0 Å². The Balaban J connectivity index is 0.000000582. The molecule has 8 nitrogen and oxygen atoms in total. The Morgan fingerprint density at radius 2 is 1.48 bits per heavy atom. The molecule has 2 rings (SSSR count). The molecule has 1 aliphatic rings. The summed E-state index contributed by atoms with van der Waals surface area (Å²) in [6.45, 7) is 5.41. The lowest BCUT2D eigenvalue weighted by atomic mass is 9.80. The van der Waals surface area contributed by atoms with Crippen LogP contribution in [0.3, 0.4) is 0 Å². The van der Waals surface area contributed by atoms with Crippen LogP contribution in [0.5, 0.6) is 0 Å². The number of allylic oxidation sites excluding steroid dienone is 2. The first-order valence-electron chi connectivity index (χ1n) is 10.1. The highest BCUT2D eigenvalue weighted by Crippen LogP contribution is 2.43. The standard InChI is InChI=1S/C18H19Cl2NO4.C5H12N2O/c1-5-25-18(23)14-10(3)21-9(2)13(17(22)24-4)15(14)11-7-6-8-12(19)16(11)20;1-6(2)5(8)7(3)4/h6-8,15,21H,5H2,1-4H3;1-4H3/t15-;/m1./s1. The summed E-state index contributed by atoms with van der Waals surface area (Å²) in [5, 5.41) is 3.66. The summed E-state index contributed by atoms with van der Waals surface area (Å²) in [6.07, 6.45) is 0. The van der Waals surface area contributed by atoms with E-state index in [2.05, 4.69) is 5.32 Å². The van der Waals surface area contributed by atoms with E-state index in [0.717, 1.165) is 0 Å². The third kappa shape index (κ3) is 6.88. The summed E-state index contributed by atoms with van der Waals surface area (Å²) in [5.74, 6) is -1.82. The Morgan fingerprint density at radius 1 is 0.970 bits per heavy atom. The summed E-state index contributed by atoms with van der Waals surface area (Å²) >= 11 is 12.5. The number of rotatable bonds is 4. The van der Waals surface area contributed by atoms with E-state index in [1.165, 1.54) is 16.9 Å². The second kappa shape index (κ2) is 12.5. The van der Waals surface area contributed by atoms with E-state index >= 15 is 0 Å². The molecule has 1 aliphatic heterocycles. The summed E-state index contributed by atoms with van der Waals surface area (Å²) < 4.78 is 10.1. The second-order valence-electron chi connectivity index (χ2n) is 7.56. The zero-order valence-electron chi connectivity index (χ0n) is 20.2. The number of hydrogen-bond donors (Lipinski definition) is 1. The van der Waals surface area contributed by atoms with Gasteiger partial charge in [0.25, 0.3) is 0 Å². The summed E-state index contributed by atoms with van der Waals surface area (Å²) in [6, 6.07) is 5.11. The van der Waals surface area contributed by atoms with Crippen molar-refractivity contribution in [2.75, 3.05) is 41.9 Å². The van der Waals surface area contributed by atoms with Crippen molar-refractivity contribution in [1.29, 1.82) is 0 Å². The van der Waals surface area contributed by atoms with Crippen molar-refractivity contribution in [3.63, 3.8) is 0 Å². The third-order valence-corrected chi connectivity index (χ3v) is 5.55. The molecular weight excluding hydrogens is 469 g/mol. The number of carbonyl (C=O) groups excluding carboxylic acids is 3. The van der Waals surface area contributed by atoms with Crippen molar-refractivity contribution in [2.45, 2.75) is 26.7 Å². The maximum atomic E-state index is 12.6. The van der Waals surface area contributed by atoms with Gasteiger partial charge in [-0.05, 0) is 32.4 Å². The highest BCUT2D eigenvalue weighted by Gasteiger charge is 2.38. The van der Waals surface area contributed by atoms with Gasteiger partial charge in [-0.15, -0.1) is 0 Å². The molecule has 0 fully saturated rings. The third-order valence-electron chi connectivity index (χ3n) is 4.72. The molecule has 0 spiro atoms. The van der Waals surface area contributed by atoms with Crippen LogP contribution in [0.1, 0.15) is 32.3 Å². The topological polar surface area (TPSA) is 88.2 Å². The van der Waals surface area contributed by atoms with Gasteiger partial charge in [0.1, 0.15) is 0 Å². The van der Waals surface area contributed by atoms with E-state index in [9.17, 15) is 14.4 Å². The SMILES string of the molecule is CCOC(=O)C1=C(C)NC(C)=C(C(=O)OC)[C@H]1c1cccc(Cl)c1Cl.CN(C)C(=O)N(C)C. The van der Waals surface area contributed by atoms with E-state index < -0.39 is 17.9 Å². The number of benzene rings is 1. The number of halogens is 2. The Hall–Kier alpha value is -2.71. The minimum Gasteiger partial charge on any atom is -0.466 e. The number of nitrogens with zero attached hydrogens (tertiary/aromatic N) is 2. The van der Waals surface area contributed by atoms with Crippen molar-refractivity contribution < 1.29 is 23.9 Å². The van der Waals surface area contributed by atoms with E-state index in [1.54, 1.807) is 67.2 Å². The molecule has 0 radical (unpaired) electrons. The van der Waals surface area contributed by atoms with Gasteiger partial charge in [0, 0.05) is 39.6 Å². The molecule has 10 heteroatoms. The number of ether oxygens (including phenoxy) is 2. The molecule has 1 N–H and O–H groups in total. The van der Waals surface area contributed by atoms with Crippen LogP contribution in [0.4, 0.5) is 4.79 Å². The van der Waals surface area contributed by atoms with Crippen LogP contribution in [0, 0.1) is 0 Å². The van der Waals surface area contributed by atoms with Gasteiger partial charge in [0.05, 0.1) is 40.8 Å². The fraction of sp³-hybridized carbons (Fsp3) is 0.435. The Kier molecular flexibility index (Phi) is 10.7. The molecule has 0 saturated heterocycles. The highest BCUT2D eigenvalue weighted by atomic mass is 35.5. The molecule has 1 aromatic rings. The number of amides is 2. The van der Waals surface area contributed by atoms with Crippen molar-refractivity contribution in [1.82, 2.24) is 15.1 Å². The molecule has 0 unspecified atom stereocenters. The number of dihydropyridines is 1. The van der Waals surface area contributed by atoms with E-state index in [4.69, 9.17) is 32.7 Å². The second-order valence-corrected chi connectivity index (χ2v) is 8.35. The summed E-state index contributed by atoms with van der Waals surface area (Å²) in [7, 11) is 8.18. The van der Waals surface area contributed by atoms with Crippen LogP contribution >= 0.6 is 23.2 Å². The molecular formula is C23H31Cl2N3O5. The van der Waals surface area contributed by atoms with Gasteiger partial charge in [-0.2, -0.15) is 0 Å². The maximum Gasteiger partial charge on any atom is 0.336 e. The zero-order valence-corrected chi connectivity index (χ0v) is 21.7. The Morgan fingerprint density at radius 3 is 1.91 bits per heavy atom. The van der Waals surface area contributed by atoms with E-state index in [0.29, 0.717) is 33.1 Å². The quantitative estimate of drug-likeness (QED) is 0.624. The van der Waals surface area contributed by atoms with Crippen molar-refractivity contribution in [3.05, 3.63) is 56.3 Å². The Bertz CT molecular complexity index is 961. The van der Waals surface area contributed by atoms with E-state index in [1.807, 2.05) is 0 Å². The average molecular weight is 500 g/mol. The van der Waals surface area contributed by atoms with Gasteiger partial charge in [-0.1, -0.05) is 35.3 Å². The first kappa shape index (κ1) is 28.3. The van der Waals surface area contributed by atoms with Crippen molar-refractivity contribution in [2.24, 2.45) is 0 Å². The summed E-state index contributed by atoms with van der Waals surface area (Å²) in [4.78, 5) is 38.7. The lowest BCUT2D eigenvalue weighted by molar-refractivity contribution is -0.139. The smallest absolute Gasteiger partial charge is 0.336 e. The largest absolute Gasteiger partial charge is 0.466 e. The monoisotopic (exact) mass is 499 g/mol. The van der Waals surface area contributed by atoms with Gasteiger partial charge in [0.2, 0.25) is 0 Å². The number of carbonyl (C=O) groups is 3. The van der Waals surface area contributed by atoms with Crippen LogP contribution in [0.15, 0.2) is 40.7 Å². The fourth-order valence-electron chi connectivity index (χ4n) is 3.31. The van der Waals surface area contributed by atoms with Crippen LogP contribution in [-0.4, -0.2) is 69.7 Å².